The first-order valence-electron chi connectivity index (χ1n) is 7.06. The molecule has 0 saturated carbocycles. The minimum Gasteiger partial charge on any atom is -0.351 e. The Morgan fingerprint density at radius 2 is 1.95 bits per heavy atom. The molecule has 2 rings (SSSR count). The van der Waals surface area contributed by atoms with Gasteiger partial charge in [0.1, 0.15) is 0 Å². The molecule has 1 aromatic carbocycles. The lowest BCUT2D eigenvalue weighted by Crippen LogP contribution is -2.25. The van der Waals surface area contributed by atoms with E-state index in [1.54, 1.807) is 4.68 Å². The van der Waals surface area contributed by atoms with E-state index in [9.17, 15) is 4.79 Å². The molecular formula is C15H20N4O. The average Bonchev–Trinajstić information content (AvgIpc) is 2.90. The molecule has 0 fully saturated rings. The number of hydrogen-bond donors (Lipinski definition) is 1. The van der Waals surface area contributed by atoms with Crippen LogP contribution in [0, 0.1) is 0 Å². The van der Waals surface area contributed by atoms with E-state index >= 15 is 0 Å². The summed E-state index contributed by atoms with van der Waals surface area (Å²) in [6, 6.07) is 9.77. The van der Waals surface area contributed by atoms with E-state index in [1.807, 2.05) is 37.3 Å². The van der Waals surface area contributed by atoms with Crippen molar-refractivity contribution in [1.82, 2.24) is 20.3 Å². The van der Waals surface area contributed by atoms with Gasteiger partial charge >= 0.3 is 0 Å². The van der Waals surface area contributed by atoms with Crippen molar-refractivity contribution in [3.63, 3.8) is 0 Å². The molecule has 0 unspecified atom stereocenters. The Balaban J connectivity index is 2.35. The second-order valence-electron chi connectivity index (χ2n) is 4.64. The molecule has 1 aromatic heterocycles. The highest BCUT2D eigenvalue weighted by Gasteiger charge is 2.19. The molecule has 0 bridgehead atoms. The van der Waals surface area contributed by atoms with Crippen LogP contribution in [-0.2, 0) is 6.42 Å². The number of amides is 1. The Bertz CT molecular complexity index is 563. The van der Waals surface area contributed by atoms with E-state index < -0.39 is 0 Å². The third-order valence-electron chi connectivity index (χ3n) is 3.00. The van der Waals surface area contributed by atoms with Crippen molar-refractivity contribution >= 4 is 5.91 Å². The molecule has 0 saturated heterocycles. The molecule has 106 valence electrons. The first kappa shape index (κ1) is 14.2. The van der Waals surface area contributed by atoms with E-state index in [1.165, 1.54) is 0 Å². The highest BCUT2D eigenvalue weighted by Crippen LogP contribution is 2.14. The summed E-state index contributed by atoms with van der Waals surface area (Å²) in [5.41, 5.74) is 2.23. The third kappa shape index (κ3) is 3.04. The molecule has 5 nitrogen and oxygen atoms in total. The molecule has 1 heterocycles. The number of carbonyl (C=O) groups is 1. The van der Waals surface area contributed by atoms with Gasteiger partial charge in [0, 0.05) is 6.54 Å². The van der Waals surface area contributed by atoms with Gasteiger partial charge in [-0.15, -0.1) is 5.10 Å². The smallest absolute Gasteiger partial charge is 0.273 e. The lowest BCUT2D eigenvalue weighted by Gasteiger charge is -2.07. The Morgan fingerprint density at radius 1 is 1.20 bits per heavy atom. The Kier molecular flexibility index (Phi) is 4.87. The van der Waals surface area contributed by atoms with Crippen molar-refractivity contribution in [2.75, 3.05) is 6.54 Å². The predicted octanol–water partition coefficient (Wildman–Crippen LogP) is 2.36. The summed E-state index contributed by atoms with van der Waals surface area (Å²) >= 11 is 0. The summed E-state index contributed by atoms with van der Waals surface area (Å²) in [7, 11) is 0. The number of nitrogens with one attached hydrogen (secondary N) is 1. The van der Waals surface area contributed by atoms with Gasteiger partial charge < -0.3 is 5.32 Å². The van der Waals surface area contributed by atoms with Crippen LogP contribution in [0.1, 0.15) is 42.9 Å². The molecule has 5 heteroatoms. The Morgan fingerprint density at radius 3 is 2.60 bits per heavy atom. The zero-order valence-electron chi connectivity index (χ0n) is 12.0. The fraction of sp³-hybridized carbons (Fsp3) is 0.400. The molecule has 0 aliphatic rings. The quantitative estimate of drug-likeness (QED) is 0.878. The first-order valence-corrected chi connectivity index (χ1v) is 7.06. The fourth-order valence-electron chi connectivity index (χ4n) is 2.04. The maximum Gasteiger partial charge on any atom is 0.273 e. The number of nitrogens with zero attached hydrogens (tertiary/aromatic N) is 3. The van der Waals surface area contributed by atoms with Crippen LogP contribution in [0.5, 0.6) is 0 Å². The van der Waals surface area contributed by atoms with Crippen LogP contribution < -0.4 is 5.32 Å². The second-order valence-corrected chi connectivity index (χ2v) is 4.64. The second kappa shape index (κ2) is 6.84. The zero-order chi connectivity index (χ0) is 14.4. The van der Waals surface area contributed by atoms with Crippen molar-refractivity contribution in [2.45, 2.75) is 33.1 Å². The van der Waals surface area contributed by atoms with Crippen molar-refractivity contribution in [2.24, 2.45) is 0 Å². The maximum atomic E-state index is 12.1. The van der Waals surface area contributed by atoms with Gasteiger partial charge in [0.2, 0.25) is 0 Å². The molecule has 0 aliphatic heterocycles. The Labute approximate surface area is 119 Å². The summed E-state index contributed by atoms with van der Waals surface area (Å²) in [6.45, 7) is 4.76. The standard InChI is InChI=1S/C15H20N4O/c1-3-8-13-14(15(20)16-11-4-2)17-18-19(13)12-9-6-5-7-10-12/h5-7,9-10H,3-4,8,11H2,1-2H3,(H,16,20). The molecular weight excluding hydrogens is 252 g/mol. The molecule has 0 spiro atoms. The van der Waals surface area contributed by atoms with E-state index in [-0.39, 0.29) is 5.91 Å². The van der Waals surface area contributed by atoms with Gasteiger partial charge in [-0.1, -0.05) is 43.7 Å². The number of rotatable bonds is 6. The number of para-hydroxylation sites is 1. The minimum atomic E-state index is -0.141. The molecule has 2 aromatic rings. The van der Waals surface area contributed by atoms with Gasteiger partial charge in [-0.05, 0) is 25.0 Å². The monoisotopic (exact) mass is 272 g/mol. The Hall–Kier alpha value is -2.17. The van der Waals surface area contributed by atoms with Crippen LogP contribution in [0.2, 0.25) is 0 Å². The van der Waals surface area contributed by atoms with Crippen LogP contribution in [-0.4, -0.2) is 27.4 Å². The molecule has 0 radical (unpaired) electrons. The third-order valence-corrected chi connectivity index (χ3v) is 3.00. The number of hydrogen-bond acceptors (Lipinski definition) is 3. The van der Waals surface area contributed by atoms with Crippen LogP contribution in [0.3, 0.4) is 0 Å². The summed E-state index contributed by atoms with van der Waals surface area (Å²) in [6.07, 6.45) is 2.62. The molecule has 1 amide bonds. The average molecular weight is 272 g/mol. The van der Waals surface area contributed by atoms with Gasteiger partial charge in [-0.25, -0.2) is 4.68 Å². The molecule has 0 atom stereocenters. The molecule has 0 aliphatic carbocycles. The van der Waals surface area contributed by atoms with Gasteiger partial charge in [-0.3, -0.25) is 4.79 Å². The van der Waals surface area contributed by atoms with Crippen LogP contribution in [0.25, 0.3) is 5.69 Å². The van der Waals surface area contributed by atoms with E-state index in [2.05, 4.69) is 22.6 Å². The van der Waals surface area contributed by atoms with Gasteiger partial charge in [0.15, 0.2) is 5.69 Å². The van der Waals surface area contributed by atoms with Crippen LogP contribution >= 0.6 is 0 Å². The van der Waals surface area contributed by atoms with Crippen LogP contribution in [0.4, 0.5) is 0 Å². The fourth-order valence-corrected chi connectivity index (χ4v) is 2.04. The van der Waals surface area contributed by atoms with Gasteiger partial charge in [-0.2, -0.15) is 0 Å². The molecule has 1 N–H and O–H groups in total. The molecule has 20 heavy (non-hydrogen) atoms. The van der Waals surface area contributed by atoms with E-state index in [4.69, 9.17) is 0 Å². The normalized spacial score (nSPS) is 10.5. The summed E-state index contributed by atoms with van der Waals surface area (Å²) in [5, 5.41) is 11.1. The lowest BCUT2D eigenvalue weighted by molar-refractivity contribution is 0.0947. The van der Waals surface area contributed by atoms with E-state index in [0.29, 0.717) is 12.2 Å². The van der Waals surface area contributed by atoms with E-state index in [0.717, 1.165) is 30.6 Å². The number of benzene rings is 1. The SMILES string of the molecule is CCCNC(=O)c1nnn(-c2ccccc2)c1CCC. The van der Waals surface area contributed by atoms with Crippen molar-refractivity contribution in [3.8, 4) is 5.69 Å². The van der Waals surface area contributed by atoms with Crippen molar-refractivity contribution < 1.29 is 4.79 Å². The summed E-state index contributed by atoms with van der Waals surface area (Å²) < 4.78 is 1.75. The topological polar surface area (TPSA) is 59.8 Å². The van der Waals surface area contributed by atoms with Crippen molar-refractivity contribution in [1.29, 1.82) is 0 Å². The highest BCUT2D eigenvalue weighted by atomic mass is 16.2. The largest absolute Gasteiger partial charge is 0.351 e. The lowest BCUT2D eigenvalue weighted by atomic mass is 10.2. The van der Waals surface area contributed by atoms with Crippen LogP contribution in [0.15, 0.2) is 30.3 Å². The highest BCUT2D eigenvalue weighted by molar-refractivity contribution is 5.93. The maximum absolute atomic E-state index is 12.1. The predicted molar refractivity (Wildman–Crippen MR) is 78.0 cm³/mol. The van der Waals surface area contributed by atoms with Gasteiger partial charge in [0.05, 0.1) is 11.4 Å². The zero-order valence-corrected chi connectivity index (χ0v) is 12.0. The van der Waals surface area contributed by atoms with Gasteiger partial charge in [0.25, 0.3) is 5.91 Å². The minimum absolute atomic E-state index is 0.141. The summed E-state index contributed by atoms with van der Waals surface area (Å²) in [5.74, 6) is -0.141. The number of carbonyl (C=O) groups excluding carboxylic acids is 1. The first-order chi connectivity index (χ1) is 9.77. The summed E-state index contributed by atoms with van der Waals surface area (Å²) in [4.78, 5) is 12.1. The van der Waals surface area contributed by atoms with Crippen molar-refractivity contribution in [3.05, 3.63) is 41.7 Å². The number of aromatic nitrogens is 3.